The number of phenols is 1. The van der Waals surface area contributed by atoms with Gasteiger partial charge in [0.1, 0.15) is 0 Å². The summed E-state index contributed by atoms with van der Waals surface area (Å²) in [4.78, 5) is 12.7. The number of rotatable bonds is 5. The van der Waals surface area contributed by atoms with E-state index in [2.05, 4.69) is 20.3 Å². The van der Waals surface area contributed by atoms with E-state index in [4.69, 9.17) is 10.5 Å². The molecule has 0 spiro atoms. The molecule has 1 heterocycles. The lowest BCUT2D eigenvalue weighted by Gasteiger charge is -2.07. The first-order valence-corrected chi connectivity index (χ1v) is 7.23. The molecule has 0 saturated heterocycles. The minimum Gasteiger partial charge on any atom is -0.504 e. The molecule has 0 atom stereocenters. The summed E-state index contributed by atoms with van der Waals surface area (Å²) in [5.74, 6) is 1.26. The van der Waals surface area contributed by atoms with Gasteiger partial charge in [0.25, 0.3) is 0 Å². The quantitative estimate of drug-likeness (QED) is 0.573. The highest BCUT2D eigenvalue weighted by atomic mass is 16.5. The highest BCUT2D eigenvalue weighted by molar-refractivity contribution is 5.90. The van der Waals surface area contributed by atoms with Crippen LogP contribution < -0.4 is 15.8 Å². The van der Waals surface area contributed by atoms with Crippen molar-refractivity contribution in [2.75, 3.05) is 19.0 Å². The molecule has 0 aliphatic heterocycles. The summed E-state index contributed by atoms with van der Waals surface area (Å²) in [6.45, 7) is 4.27. The van der Waals surface area contributed by atoms with E-state index in [9.17, 15) is 5.11 Å². The van der Waals surface area contributed by atoms with Crippen LogP contribution in [0.5, 0.6) is 11.5 Å². The molecule has 0 fully saturated rings. The summed E-state index contributed by atoms with van der Waals surface area (Å²) in [6.07, 6.45) is 0.646. The molecule has 0 bridgehead atoms. The number of methoxy groups -OCH3 is 1. The van der Waals surface area contributed by atoms with Crippen LogP contribution in [-0.4, -0.2) is 34.7 Å². The molecule has 122 valence electrons. The summed E-state index contributed by atoms with van der Waals surface area (Å²) in [6, 6.07) is 7.14. The number of nitrogens with two attached hydrogens (primary N) is 1. The number of aryl methyl sites for hydroxylation is 2. The van der Waals surface area contributed by atoms with E-state index in [1.807, 2.05) is 26.0 Å². The lowest BCUT2D eigenvalue weighted by atomic mass is 10.1. The second-order valence-electron chi connectivity index (χ2n) is 5.12. The predicted molar refractivity (Wildman–Crippen MR) is 90.0 cm³/mol. The maximum atomic E-state index is 9.73. The zero-order valence-corrected chi connectivity index (χ0v) is 13.5. The maximum Gasteiger partial charge on any atom is 0.229 e. The molecule has 1 aromatic carbocycles. The lowest BCUT2D eigenvalue weighted by Crippen LogP contribution is -2.24. The van der Waals surface area contributed by atoms with Crippen LogP contribution in [0.1, 0.15) is 17.0 Å². The zero-order valence-electron chi connectivity index (χ0n) is 13.5. The number of aromatic nitrogens is 2. The van der Waals surface area contributed by atoms with E-state index >= 15 is 0 Å². The van der Waals surface area contributed by atoms with Crippen LogP contribution in [0.15, 0.2) is 29.3 Å². The molecule has 1 aromatic heterocycles. The molecule has 0 amide bonds. The van der Waals surface area contributed by atoms with Gasteiger partial charge in [-0.05, 0) is 44.0 Å². The van der Waals surface area contributed by atoms with E-state index < -0.39 is 0 Å². The number of ether oxygens (including phenoxy) is 1. The second-order valence-corrected chi connectivity index (χ2v) is 5.12. The first-order chi connectivity index (χ1) is 11.0. The van der Waals surface area contributed by atoms with E-state index in [0.29, 0.717) is 24.7 Å². The highest BCUT2D eigenvalue weighted by Gasteiger charge is 2.03. The number of anilines is 1. The first kappa shape index (κ1) is 16.5. The van der Waals surface area contributed by atoms with Crippen LogP contribution in [0.25, 0.3) is 0 Å². The van der Waals surface area contributed by atoms with Crippen molar-refractivity contribution in [1.29, 1.82) is 0 Å². The summed E-state index contributed by atoms with van der Waals surface area (Å²) in [5.41, 5.74) is 8.51. The third-order valence-corrected chi connectivity index (χ3v) is 3.15. The minimum atomic E-state index is 0.115. The fraction of sp³-hybridized carbons (Fsp3) is 0.312. The van der Waals surface area contributed by atoms with Gasteiger partial charge in [0.15, 0.2) is 17.5 Å². The Kier molecular flexibility index (Phi) is 5.35. The maximum absolute atomic E-state index is 9.73. The molecular weight excluding hydrogens is 294 g/mol. The molecule has 0 aliphatic rings. The van der Waals surface area contributed by atoms with Crippen LogP contribution >= 0.6 is 0 Å². The van der Waals surface area contributed by atoms with Crippen molar-refractivity contribution in [3.63, 3.8) is 0 Å². The first-order valence-electron chi connectivity index (χ1n) is 7.23. The Morgan fingerprint density at radius 2 is 1.96 bits per heavy atom. The van der Waals surface area contributed by atoms with Crippen molar-refractivity contribution in [1.82, 2.24) is 9.97 Å². The second kappa shape index (κ2) is 7.44. The Labute approximate surface area is 135 Å². The van der Waals surface area contributed by atoms with Crippen LogP contribution in [0, 0.1) is 13.8 Å². The third kappa shape index (κ3) is 4.84. The van der Waals surface area contributed by atoms with Crippen LogP contribution in [0.2, 0.25) is 0 Å². The van der Waals surface area contributed by atoms with Crippen molar-refractivity contribution in [3.05, 3.63) is 41.2 Å². The molecule has 23 heavy (non-hydrogen) atoms. The predicted octanol–water partition coefficient (Wildman–Crippen LogP) is 1.78. The van der Waals surface area contributed by atoms with Crippen LogP contribution in [0.3, 0.4) is 0 Å². The number of aliphatic imine (C=N–C) groups is 1. The SMILES string of the molecule is COc1ccc(CCN=C(N)Nc2nc(C)cc(C)n2)cc1O. The van der Waals surface area contributed by atoms with Crippen molar-refractivity contribution in [2.24, 2.45) is 10.7 Å². The molecule has 2 aromatic rings. The van der Waals surface area contributed by atoms with Gasteiger partial charge in [-0.25, -0.2) is 9.97 Å². The number of nitrogens with one attached hydrogen (secondary N) is 1. The summed E-state index contributed by atoms with van der Waals surface area (Å²) in [5, 5.41) is 12.6. The molecule has 0 saturated carbocycles. The fourth-order valence-electron chi connectivity index (χ4n) is 2.13. The number of benzene rings is 1. The molecule has 4 N–H and O–H groups in total. The normalized spacial score (nSPS) is 11.3. The number of guanidine groups is 1. The molecule has 0 aliphatic carbocycles. The average molecular weight is 315 g/mol. The van der Waals surface area contributed by atoms with Gasteiger partial charge in [0.2, 0.25) is 5.95 Å². The number of hydrogen-bond acceptors (Lipinski definition) is 5. The Balaban J connectivity index is 1.93. The van der Waals surface area contributed by atoms with E-state index in [1.165, 1.54) is 7.11 Å². The monoisotopic (exact) mass is 315 g/mol. The standard InChI is InChI=1S/C16H21N5O2/c1-10-8-11(2)20-16(19-10)21-15(17)18-7-6-12-4-5-14(23-3)13(22)9-12/h4-5,8-9,22H,6-7H2,1-3H3,(H3,17,18,19,20,21). The Morgan fingerprint density at radius 1 is 1.26 bits per heavy atom. The minimum absolute atomic E-state index is 0.115. The van der Waals surface area contributed by atoms with E-state index in [1.54, 1.807) is 12.1 Å². The number of aromatic hydroxyl groups is 1. The zero-order chi connectivity index (χ0) is 16.8. The summed E-state index contributed by atoms with van der Waals surface area (Å²) in [7, 11) is 1.51. The smallest absolute Gasteiger partial charge is 0.229 e. The van der Waals surface area contributed by atoms with Crippen molar-refractivity contribution in [2.45, 2.75) is 20.3 Å². The van der Waals surface area contributed by atoms with Gasteiger partial charge in [-0.3, -0.25) is 10.3 Å². The lowest BCUT2D eigenvalue weighted by molar-refractivity contribution is 0.373. The van der Waals surface area contributed by atoms with Gasteiger partial charge in [0.05, 0.1) is 7.11 Å². The van der Waals surface area contributed by atoms with Crippen LogP contribution in [0.4, 0.5) is 5.95 Å². The van der Waals surface area contributed by atoms with Gasteiger partial charge in [-0.15, -0.1) is 0 Å². The molecule has 0 radical (unpaired) electrons. The van der Waals surface area contributed by atoms with E-state index in [0.717, 1.165) is 17.0 Å². The van der Waals surface area contributed by atoms with Gasteiger partial charge in [-0.1, -0.05) is 6.07 Å². The number of phenolic OH excluding ortho intramolecular Hbond substituents is 1. The molecule has 2 rings (SSSR count). The van der Waals surface area contributed by atoms with Crippen LogP contribution in [-0.2, 0) is 6.42 Å². The largest absolute Gasteiger partial charge is 0.504 e. The fourth-order valence-corrected chi connectivity index (χ4v) is 2.13. The molecular formula is C16H21N5O2. The summed E-state index contributed by atoms with van der Waals surface area (Å²) >= 11 is 0. The van der Waals surface area contributed by atoms with Crippen molar-refractivity contribution < 1.29 is 9.84 Å². The topological polar surface area (TPSA) is 106 Å². The summed E-state index contributed by atoms with van der Waals surface area (Å²) < 4.78 is 5.01. The number of hydrogen-bond donors (Lipinski definition) is 3. The molecule has 7 nitrogen and oxygen atoms in total. The number of nitrogens with zero attached hydrogens (tertiary/aromatic N) is 3. The average Bonchev–Trinajstić information content (AvgIpc) is 2.46. The van der Waals surface area contributed by atoms with Crippen molar-refractivity contribution in [3.8, 4) is 11.5 Å². The van der Waals surface area contributed by atoms with Gasteiger partial charge in [-0.2, -0.15) is 0 Å². The van der Waals surface area contributed by atoms with E-state index in [-0.39, 0.29) is 11.7 Å². The van der Waals surface area contributed by atoms with Gasteiger partial charge >= 0.3 is 0 Å². The van der Waals surface area contributed by atoms with Crippen molar-refractivity contribution >= 4 is 11.9 Å². The molecule has 7 heteroatoms. The van der Waals surface area contributed by atoms with Gasteiger partial charge in [0, 0.05) is 17.9 Å². The highest BCUT2D eigenvalue weighted by Crippen LogP contribution is 2.26. The Morgan fingerprint density at radius 3 is 2.57 bits per heavy atom. The van der Waals surface area contributed by atoms with Gasteiger partial charge < -0.3 is 15.6 Å². The Bertz CT molecular complexity index is 695. The third-order valence-electron chi connectivity index (χ3n) is 3.15. The Hall–Kier alpha value is -2.83. The molecule has 0 unspecified atom stereocenters.